The Morgan fingerprint density at radius 2 is 1.86 bits per heavy atom. The van der Waals surface area contributed by atoms with Crippen molar-refractivity contribution in [3.8, 4) is 0 Å². The topological polar surface area (TPSA) is 105 Å². The van der Waals surface area contributed by atoms with E-state index >= 15 is 0 Å². The van der Waals surface area contributed by atoms with Crippen molar-refractivity contribution in [1.82, 2.24) is 15.5 Å². The van der Waals surface area contributed by atoms with E-state index in [2.05, 4.69) is 10.6 Å². The molecule has 8 heteroatoms. The summed E-state index contributed by atoms with van der Waals surface area (Å²) in [5.41, 5.74) is 0. The summed E-state index contributed by atoms with van der Waals surface area (Å²) in [4.78, 5) is 50.2. The number of carbonyl (C=O) groups excluding carboxylic acids is 4. The third-order valence-electron chi connectivity index (χ3n) is 5.43. The average molecular weight is 396 g/mol. The van der Waals surface area contributed by atoms with Gasteiger partial charge in [0.05, 0.1) is 12.1 Å². The Labute approximate surface area is 166 Å². The summed E-state index contributed by atoms with van der Waals surface area (Å²) >= 11 is 0. The molecule has 1 aliphatic carbocycles. The zero-order chi connectivity index (χ0) is 20.7. The first-order chi connectivity index (χ1) is 13.3. The fourth-order valence-electron chi connectivity index (χ4n) is 4.14. The molecule has 2 N–H and O–H groups in total. The number of likely N-dealkylation sites (tertiary alicyclic amines) is 1. The summed E-state index contributed by atoms with van der Waals surface area (Å²) in [6, 6.07) is -1.69. The minimum absolute atomic E-state index is 0.0397. The standard InChI is InChI=1S/C20H33N3O5/c1-13(2)28-17(25)10-21-20(27)22-18(15-7-5-4-6-8-15)19(26)23-11-14(3)9-16(23)12-24/h12-16,18H,4-11H2,1-3H3,(H2,21,22,27)/t14-,16?,18?/m1/s1. The number of hydrogen-bond donors (Lipinski definition) is 2. The monoisotopic (exact) mass is 395 g/mol. The summed E-state index contributed by atoms with van der Waals surface area (Å²) in [7, 11) is 0. The van der Waals surface area contributed by atoms with Crippen molar-refractivity contribution in [2.45, 2.75) is 77.5 Å². The first kappa shape index (κ1) is 22.2. The molecule has 3 amide bonds. The second-order valence-electron chi connectivity index (χ2n) is 8.28. The van der Waals surface area contributed by atoms with Crippen LogP contribution in [0.5, 0.6) is 0 Å². The molecule has 158 valence electrons. The zero-order valence-corrected chi connectivity index (χ0v) is 17.1. The Morgan fingerprint density at radius 1 is 1.18 bits per heavy atom. The Balaban J connectivity index is 2.02. The molecule has 8 nitrogen and oxygen atoms in total. The molecular weight excluding hydrogens is 362 g/mol. The van der Waals surface area contributed by atoms with Crippen molar-refractivity contribution >= 4 is 24.2 Å². The first-order valence-corrected chi connectivity index (χ1v) is 10.3. The van der Waals surface area contributed by atoms with E-state index in [1.54, 1.807) is 18.7 Å². The number of rotatable bonds is 7. The summed E-state index contributed by atoms with van der Waals surface area (Å²) < 4.78 is 5.00. The summed E-state index contributed by atoms with van der Waals surface area (Å²) in [6.07, 6.45) is 6.11. The Kier molecular flexibility index (Phi) is 8.26. The number of nitrogens with one attached hydrogen (secondary N) is 2. The minimum Gasteiger partial charge on any atom is -0.462 e. The molecule has 2 aliphatic rings. The zero-order valence-electron chi connectivity index (χ0n) is 17.1. The summed E-state index contributed by atoms with van der Waals surface area (Å²) in [5.74, 6) is -0.433. The normalized spacial score (nSPS) is 23.9. The van der Waals surface area contributed by atoms with E-state index < -0.39 is 24.1 Å². The molecule has 0 aromatic heterocycles. The number of carbonyl (C=O) groups is 4. The number of ether oxygens (including phenoxy) is 1. The molecule has 1 aliphatic heterocycles. The van der Waals surface area contributed by atoms with E-state index in [0.29, 0.717) is 13.0 Å². The molecule has 3 atom stereocenters. The molecule has 2 fully saturated rings. The van der Waals surface area contributed by atoms with E-state index in [9.17, 15) is 19.2 Å². The van der Waals surface area contributed by atoms with Crippen molar-refractivity contribution < 1.29 is 23.9 Å². The van der Waals surface area contributed by atoms with E-state index in [1.165, 1.54) is 0 Å². The quantitative estimate of drug-likeness (QED) is 0.503. The van der Waals surface area contributed by atoms with Gasteiger partial charge in [-0.15, -0.1) is 0 Å². The van der Waals surface area contributed by atoms with Gasteiger partial charge in [-0.25, -0.2) is 4.79 Å². The van der Waals surface area contributed by atoms with Crippen LogP contribution in [0.1, 0.15) is 59.3 Å². The maximum atomic E-state index is 13.2. The van der Waals surface area contributed by atoms with E-state index in [0.717, 1.165) is 38.4 Å². The van der Waals surface area contributed by atoms with Crippen LogP contribution in [0.25, 0.3) is 0 Å². The molecule has 0 spiro atoms. The maximum absolute atomic E-state index is 13.2. The second-order valence-corrected chi connectivity index (χ2v) is 8.28. The van der Waals surface area contributed by atoms with Crippen LogP contribution in [0.4, 0.5) is 4.79 Å². The second kappa shape index (κ2) is 10.4. The number of esters is 1. The van der Waals surface area contributed by atoms with Crippen molar-refractivity contribution in [1.29, 1.82) is 0 Å². The lowest BCUT2D eigenvalue weighted by atomic mass is 9.83. The Hall–Kier alpha value is -2.12. The average Bonchev–Trinajstić information content (AvgIpc) is 3.05. The lowest BCUT2D eigenvalue weighted by Gasteiger charge is -2.34. The maximum Gasteiger partial charge on any atom is 0.325 e. The van der Waals surface area contributed by atoms with Crippen molar-refractivity contribution in [2.75, 3.05) is 13.1 Å². The predicted octanol–water partition coefficient (Wildman–Crippen LogP) is 1.62. The number of aldehydes is 1. The molecule has 0 radical (unpaired) electrons. The van der Waals surface area contributed by atoms with Gasteiger partial charge in [-0.3, -0.25) is 9.59 Å². The van der Waals surface area contributed by atoms with Gasteiger partial charge in [-0.2, -0.15) is 0 Å². The summed E-state index contributed by atoms with van der Waals surface area (Å²) in [6.45, 7) is 5.75. The van der Waals surface area contributed by atoms with Crippen LogP contribution >= 0.6 is 0 Å². The Bertz CT molecular complexity index is 574. The largest absolute Gasteiger partial charge is 0.462 e. The lowest BCUT2D eigenvalue weighted by molar-refractivity contribution is -0.146. The fourth-order valence-corrected chi connectivity index (χ4v) is 4.14. The van der Waals surface area contributed by atoms with Gasteiger partial charge in [0.15, 0.2) is 0 Å². The van der Waals surface area contributed by atoms with Crippen LogP contribution in [0.15, 0.2) is 0 Å². The number of nitrogens with zero attached hydrogens (tertiary/aromatic N) is 1. The highest BCUT2D eigenvalue weighted by molar-refractivity contribution is 5.90. The van der Waals surface area contributed by atoms with Gasteiger partial charge in [0, 0.05) is 6.54 Å². The molecule has 28 heavy (non-hydrogen) atoms. The fraction of sp³-hybridized carbons (Fsp3) is 0.800. The SMILES string of the molecule is CC(C)OC(=O)CNC(=O)NC(C(=O)N1C[C@H](C)CC1C=O)C1CCCCC1. The van der Waals surface area contributed by atoms with Crippen molar-refractivity contribution in [3.63, 3.8) is 0 Å². The third-order valence-corrected chi connectivity index (χ3v) is 5.43. The van der Waals surface area contributed by atoms with Gasteiger partial charge >= 0.3 is 12.0 Å². The highest BCUT2D eigenvalue weighted by atomic mass is 16.5. The van der Waals surface area contributed by atoms with Crippen LogP contribution in [0.3, 0.4) is 0 Å². The molecule has 1 saturated carbocycles. The van der Waals surface area contributed by atoms with Gasteiger partial charge in [-0.1, -0.05) is 26.2 Å². The van der Waals surface area contributed by atoms with Crippen LogP contribution in [0.2, 0.25) is 0 Å². The number of hydrogen-bond acceptors (Lipinski definition) is 5. The van der Waals surface area contributed by atoms with Gasteiger partial charge in [0.25, 0.3) is 0 Å². The van der Waals surface area contributed by atoms with Crippen LogP contribution in [0, 0.1) is 11.8 Å². The minimum atomic E-state index is -0.686. The molecule has 1 heterocycles. The number of amides is 3. The molecule has 1 saturated heterocycles. The molecular formula is C20H33N3O5. The first-order valence-electron chi connectivity index (χ1n) is 10.3. The highest BCUT2D eigenvalue weighted by Crippen LogP contribution is 2.30. The van der Waals surface area contributed by atoms with Crippen LogP contribution < -0.4 is 10.6 Å². The van der Waals surface area contributed by atoms with E-state index in [-0.39, 0.29) is 30.4 Å². The van der Waals surface area contributed by atoms with Crippen LogP contribution in [-0.4, -0.2) is 60.4 Å². The van der Waals surface area contributed by atoms with Gasteiger partial charge in [0.2, 0.25) is 5.91 Å². The van der Waals surface area contributed by atoms with Gasteiger partial charge in [0.1, 0.15) is 18.9 Å². The lowest BCUT2D eigenvalue weighted by Crippen LogP contribution is -2.56. The van der Waals surface area contributed by atoms with Gasteiger partial charge in [-0.05, 0) is 44.9 Å². The highest BCUT2D eigenvalue weighted by Gasteiger charge is 2.40. The number of urea groups is 1. The van der Waals surface area contributed by atoms with Crippen molar-refractivity contribution in [2.24, 2.45) is 11.8 Å². The molecule has 2 unspecified atom stereocenters. The van der Waals surface area contributed by atoms with Crippen LogP contribution in [-0.2, 0) is 19.1 Å². The van der Waals surface area contributed by atoms with Gasteiger partial charge < -0.3 is 25.1 Å². The molecule has 0 bridgehead atoms. The third kappa shape index (κ3) is 6.21. The summed E-state index contributed by atoms with van der Waals surface area (Å²) in [5, 5.41) is 5.24. The van der Waals surface area contributed by atoms with E-state index in [4.69, 9.17) is 4.74 Å². The molecule has 0 aromatic rings. The van der Waals surface area contributed by atoms with Crippen molar-refractivity contribution in [3.05, 3.63) is 0 Å². The van der Waals surface area contributed by atoms with E-state index in [1.807, 2.05) is 6.92 Å². The Morgan fingerprint density at radius 3 is 2.46 bits per heavy atom. The molecule has 0 aromatic carbocycles. The smallest absolute Gasteiger partial charge is 0.325 e. The predicted molar refractivity (Wildman–Crippen MR) is 103 cm³/mol. The molecule has 2 rings (SSSR count).